The quantitative estimate of drug-likeness (QED) is 0.706. The molecule has 0 saturated heterocycles. The van der Waals surface area contributed by atoms with Crippen molar-refractivity contribution in [3.05, 3.63) is 39.8 Å². The van der Waals surface area contributed by atoms with Gasteiger partial charge in [0.25, 0.3) is 0 Å². The number of aliphatic imine (C=N–C) groups is 1. The number of thiophene rings is 1. The number of nitriles is 1. The number of nitrogens with zero attached hydrogens (tertiary/aromatic N) is 2. The Morgan fingerprint density at radius 2 is 2.04 bits per heavy atom. The van der Waals surface area contributed by atoms with E-state index in [-0.39, 0.29) is 6.10 Å². The maximum atomic E-state index is 9.51. The third-order valence-electron chi connectivity index (χ3n) is 4.15. The van der Waals surface area contributed by atoms with Gasteiger partial charge in [-0.15, -0.1) is 11.3 Å². The molecular weight excluding hydrogens is 332 g/mol. The molecular formula is C20H22N2O2S. The SMILES string of the molecule is COc1cc(C=Nc2sc3c(c2C#N)CCCC3)ccc1OC(C)C. The van der Waals surface area contributed by atoms with Gasteiger partial charge < -0.3 is 9.47 Å². The molecule has 1 aliphatic carbocycles. The molecule has 1 heterocycles. The maximum absolute atomic E-state index is 9.51. The van der Waals surface area contributed by atoms with E-state index < -0.39 is 0 Å². The molecule has 0 N–H and O–H groups in total. The van der Waals surface area contributed by atoms with Crippen LogP contribution in [0.15, 0.2) is 23.2 Å². The Kier molecular flexibility index (Phi) is 5.40. The van der Waals surface area contributed by atoms with E-state index in [0.29, 0.717) is 5.75 Å². The van der Waals surface area contributed by atoms with E-state index in [1.165, 1.54) is 16.9 Å². The second kappa shape index (κ2) is 7.71. The summed E-state index contributed by atoms with van der Waals surface area (Å²) in [5.41, 5.74) is 2.88. The molecule has 0 saturated carbocycles. The number of aryl methyl sites for hydroxylation is 1. The Morgan fingerprint density at radius 1 is 1.24 bits per heavy atom. The minimum absolute atomic E-state index is 0.0871. The van der Waals surface area contributed by atoms with Crippen molar-refractivity contribution in [2.24, 2.45) is 4.99 Å². The topological polar surface area (TPSA) is 54.6 Å². The zero-order valence-corrected chi connectivity index (χ0v) is 15.7. The van der Waals surface area contributed by atoms with E-state index in [2.05, 4.69) is 11.1 Å². The molecule has 2 aromatic rings. The van der Waals surface area contributed by atoms with Crippen molar-refractivity contribution in [1.82, 2.24) is 0 Å². The highest BCUT2D eigenvalue weighted by atomic mass is 32.1. The Labute approximate surface area is 152 Å². The van der Waals surface area contributed by atoms with Gasteiger partial charge in [-0.2, -0.15) is 5.26 Å². The fourth-order valence-corrected chi connectivity index (χ4v) is 4.19. The van der Waals surface area contributed by atoms with Crippen molar-refractivity contribution in [3.63, 3.8) is 0 Å². The molecule has 0 fully saturated rings. The molecule has 0 amide bonds. The van der Waals surface area contributed by atoms with Crippen molar-refractivity contribution < 1.29 is 9.47 Å². The second-order valence-corrected chi connectivity index (χ2v) is 7.42. The summed E-state index contributed by atoms with van der Waals surface area (Å²) in [5, 5.41) is 10.3. The van der Waals surface area contributed by atoms with E-state index in [0.717, 1.165) is 41.1 Å². The van der Waals surface area contributed by atoms with Crippen LogP contribution in [-0.2, 0) is 12.8 Å². The number of ether oxygens (including phenoxy) is 2. The number of benzene rings is 1. The smallest absolute Gasteiger partial charge is 0.161 e. The minimum Gasteiger partial charge on any atom is -0.493 e. The van der Waals surface area contributed by atoms with Gasteiger partial charge in [-0.1, -0.05) is 0 Å². The van der Waals surface area contributed by atoms with Crippen molar-refractivity contribution in [1.29, 1.82) is 5.26 Å². The Balaban J connectivity index is 1.87. The highest BCUT2D eigenvalue weighted by Crippen LogP contribution is 2.39. The summed E-state index contributed by atoms with van der Waals surface area (Å²) in [6.07, 6.45) is 6.31. The fourth-order valence-electron chi connectivity index (χ4n) is 3.01. The second-order valence-electron chi connectivity index (χ2n) is 6.34. The molecule has 5 heteroatoms. The number of hydrogen-bond donors (Lipinski definition) is 0. The molecule has 25 heavy (non-hydrogen) atoms. The van der Waals surface area contributed by atoms with Crippen LogP contribution in [-0.4, -0.2) is 19.4 Å². The number of methoxy groups -OCH3 is 1. The van der Waals surface area contributed by atoms with Gasteiger partial charge in [-0.05, 0) is 68.9 Å². The largest absolute Gasteiger partial charge is 0.493 e. The third kappa shape index (κ3) is 3.85. The lowest BCUT2D eigenvalue weighted by Gasteiger charge is -2.13. The number of hydrogen-bond acceptors (Lipinski definition) is 5. The minimum atomic E-state index is 0.0871. The van der Waals surface area contributed by atoms with Crippen molar-refractivity contribution >= 4 is 22.6 Å². The van der Waals surface area contributed by atoms with Crippen LogP contribution in [0, 0.1) is 11.3 Å². The molecule has 0 atom stereocenters. The Bertz CT molecular complexity index is 831. The average Bonchev–Trinajstić information content (AvgIpc) is 2.97. The van der Waals surface area contributed by atoms with Gasteiger partial charge in [-0.25, -0.2) is 4.99 Å². The predicted molar refractivity (Wildman–Crippen MR) is 102 cm³/mol. The van der Waals surface area contributed by atoms with Gasteiger partial charge >= 0.3 is 0 Å². The maximum Gasteiger partial charge on any atom is 0.161 e. The monoisotopic (exact) mass is 354 g/mol. The highest BCUT2D eigenvalue weighted by Gasteiger charge is 2.20. The first kappa shape index (κ1) is 17.5. The number of rotatable bonds is 5. The van der Waals surface area contributed by atoms with Crippen LogP contribution in [0.4, 0.5) is 5.00 Å². The van der Waals surface area contributed by atoms with E-state index in [1.54, 1.807) is 24.7 Å². The third-order valence-corrected chi connectivity index (χ3v) is 5.35. The summed E-state index contributed by atoms with van der Waals surface area (Å²) < 4.78 is 11.1. The molecule has 1 aromatic carbocycles. The predicted octanol–water partition coefficient (Wildman–Crippen LogP) is 5.04. The van der Waals surface area contributed by atoms with Crippen molar-refractivity contribution in [2.75, 3.05) is 7.11 Å². The Morgan fingerprint density at radius 3 is 2.76 bits per heavy atom. The lowest BCUT2D eigenvalue weighted by atomic mass is 9.96. The molecule has 0 spiro atoms. The fraction of sp³-hybridized carbons (Fsp3) is 0.400. The molecule has 0 aliphatic heterocycles. The molecule has 0 unspecified atom stereocenters. The highest BCUT2D eigenvalue weighted by molar-refractivity contribution is 7.16. The summed E-state index contributed by atoms with van der Waals surface area (Å²) in [6.45, 7) is 3.97. The standard InChI is InChI=1S/C20H22N2O2S/c1-13(2)24-17-9-8-14(10-18(17)23-3)12-22-20-16(11-21)15-6-4-5-7-19(15)25-20/h8-10,12-13H,4-7H2,1-3H3. The summed E-state index contributed by atoms with van der Waals surface area (Å²) in [5.74, 6) is 1.41. The lowest BCUT2D eigenvalue weighted by Crippen LogP contribution is -2.06. The van der Waals surface area contributed by atoms with Gasteiger partial charge in [0.1, 0.15) is 11.1 Å². The van der Waals surface area contributed by atoms with Crippen LogP contribution in [0.1, 0.15) is 48.3 Å². The molecule has 0 bridgehead atoms. The lowest BCUT2D eigenvalue weighted by molar-refractivity contribution is 0.230. The molecule has 0 radical (unpaired) electrons. The average molecular weight is 354 g/mol. The van der Waals surface area contributed by atoms with Gasteiger partial charge in [0.15, 0.2) is 11.5 Å². The normalized spacial score (nSPS) is 13.7. The van der Waals surface area contributed by atoms with Crippen molar-refractivity contribution in [2.45, 2.75) is 45.6 Å². The molecule has 1 aromatic heterocycles. The van der Waals surface area contributed by atoms with E-state index in [9.17, 15) is 5.26 Å². The molecule has 1 aliphatic rings. The zero-order chi connectivity index (χ0) is 17.8. The molecule has 4 nitrogen and oxygen atoms in total. The summed E-state index contributed by atoms with van der Waals surface area (Å²) >= 11 is 1.65. The van der Waals surface area contributed by atoms with Crippen LogP contribution in [0.5, 0.6) is 11.5 Å². The Hall–Kier alpha value is -2.32. The van der Waals surface area contributed by atoms with Gasteiger partial charge in [0.2, 0.25) is 0 Å². The van der Waals surface area contributed by atoms with Crippen LogP contribution in [0.3, 0.4) is 0 Å². The summed E-state index contributed by atoms with van der Waals surface area (Å²) in [7, 11) is 1.63. The first-order chi connectivity index (χ1) is 12.1. The van der Waals surface area contributed by atoms with Crippen LogP contribution in [0.2, 0.25) is 0 Å². The first-order valence-electron chi connectivity index (χ1n) is 8.55. The van der Waals surface area contributed by atoms with Crippen LogP contribution in [0.25, 0.3) is 0 Å². The van der Waals surface area contributed by atoms with E-state index >= 15 is 0 Å². The zero-order valence-electron chi connectivity index (χ0n) is 14.8. The summed E-state index contributed by atoms with van der Waals surface area (Å²) in [6, 6.07) is 8.09. The van der Waals surface area contributed by atoms with E-state index in [4.69, 9.17) is 9.47 Å². The molecule has 3 rings (SSSR count). The summed E-state index contributed by atoms with van der Waals surface area (Å²) in [4.78, 5) is 5.92. The van der Waals surface area contributed by atoms with Gasteiger partial charge in [0, 0.05) is 11.1 Å². The van der Waals surface area contributed by atoms with Gasteiger partial charge in [0.05, 0.1) is 18.8 Å². The number of fused-ring (bicyclic) bond motifs is 1. The van der Waals surface area contributed by atoms with Crippen LogP contribution < -0.4 is 9.47 Å². The van der Waals surface area contributed by atoms with Crippen molar-refractivity contribution in [3.8, 4) is 17.6 Å². The first-order valence-corrected chi connectivity index (χ1v) is 9.37. The van der Waals surface area contributed by atoms with E-state index in [1.807, 2.05) is 32.0 Å². The van der Waals surface area contributed by atoms with Crippen LogP contribution >= 0.6 is 11.3 Å². The van der Waals surface area contributed by atoms with Gasteiger partial charge in [-0.3, -0.25) is 0 Å². The molecule has 130 valence electrons.